The highest BCUT2D eigenvalue weighted by Crippen LogP contribution is 2.20. The largest absolute Gasteiger partial charge is 0.481 e. The topological polar surface area (TPSA) is 57.5 Å². The molecule has 0 radical (unpaired) electrons. The molecule has 0 aliphatic rings. The Hall–Kier alpha value is -1.35. The number of carboxylic acid groups (broad SMARTS) is 1. The van der Waals surface area contributed by atoms with Gasteiger partial charge in [-0.1, -0.05) is 37.3 Å². The normalized spacial score (nSPS) is 14.7. The zero-order chi connectivity index (χ0) is 10.6. The molecule has 1 aromatic carbocycles. The van der Waals surface area contributed by atoms with E-state index in [-0.39, 0.29) is 6.42 Å². The van der Waals surface area contributed by atoms with Crippen LogP contribution in [-0.4, -0.2) is 16.2 Å². The monoisotopic (exact) mass is 194 g/mol. The lowest BCUT2D eigenvalue weighted by atomic mass is 9.98. The molecule has 0 spiro atoms. The summed E-state index contributed by atoms with van der Waals surface area (Å²) in [7, 11) is 0. The number of carboxylic acids is 1. The molecule has 0 aromatic heterocycles. The summed E-state index contributed by atoms with van der Waals surface area (Å²) in [5.41, 5.74) is 0.764. The molecule has 3 nitrogen and oxygen atoms in total. The minimum absolute atomic E-state index is 0.249. The number of benzene rings is 1. The Labute approximate surface area is 83.0 Å². The van der Waals surface area contributed by atoms with Crippen LogP contribution in [0.25, 0.3) is 0 Å². The summed E-state index contributed by atoms with van der Waals surface area (Å²) in [6.07, 6.45) is -0.443. The molecule has 3 heteroatoms. The third-order valence-electron chi connectivity index (χ3n) is 2.18. The van der Waals surface area contributed by atoms with Crippen LogP contribution in [0.15, 0.2) is 30.3 Å². The van der Waals surface area contributed by atoms with E-state index in [2.05, 4.69) is 0 Å². The van der Waals surface area contributed by atoms with Crippen LogP contribution >= 0.6 is 0 Å². The minimum atomic E-state index is -0.875. The molecule has 0 aliphatic carbocycles. The van der Waals surface area contributed by atoms with Gasteiger partial charge < -0.3 is 10.2 Å². The number of hydrogen-bond donors (Lipinski definition) is 2. The third kappa shape index (κ3) is 2.85. The van der Waals surface area contributed by atoms with Crippen molar-refractivity contribution in [2.75, 3.05) is 0 Å². The number of aliphatic hydroxyl groups is 1. The summed E-state index contributed by atoms with van der Waals surface area (Å²) in [4.78, 5) is 10.6. The van der Waals surface area contributed by atoms with E-state index >= 15 is 0 Å². The zero-order valence-corrected chi connectivity index (χ0v) is 8.05. The number of aliphatic carboxylic acids is 1. The van der Waals surface area contributed by atoms with Crippen LogP contribution in [0.1, 0.15) is 25.0 Å². The summed E-state index contributed by atoms with van der Waals surface area (Å²) in [6.45, 7) is 1.59. The Morgan fingerprint density at radius 1 is 1.36 bits per heavy atom. The molecule has 1 unspecified atom stereocenters. The quantitative estimate of drug-likeness (QED) is 0.768. The van der Waals surface area contributed by atoms with Gasteiger partial charge in [0.2, 0.25) is 0 Å². The summed E-state index contributed by atoms with van der Waals surface area (Å²) in [6, 6.07) is 9.09. The predicted molar refractivity (Wildman–Crippen MR) is 52.8 cm³/mol. The summed E-state index contributed by atoms with van der Waals surface area (Å²) in [5.74, 6) is -1.40. The molecule has 1 aromatic rings. The number of hydrogen-bond acceptors (Lipinski definition) is 2. The van der Waals surface area contributed by atoms with Crippen molar-refractivity contribution in [3.63, 3.8) is 0 Å². The first-order valence-corrected chi connectivity index (χ1v) is 4.57. The predicted octanol–water partition coefficient (Wildman–Crippen LogP) is 1.83. The second-order valence-corrected chi connectivity index (χ2v) is 3.40. The van der Waals surface area contributed by atoms with Crippen molar-refractivity contribution in [3.8, 4) is 0 Å². The van der Waals surface area contributed by atoms with Gasteiger partial charge >= 0.3 is 5.97 Å². The van der Waals surface area contributed by atoms with Crippen LogP contribution in [-0.2, 0) is 4.79 Å². The van der Waals surface area contributed by atoms with Gasteiger partial charge in [-0.25, -0.2) is 0 Å². The van der Waals surface area contributed by atoms with Gasteiger partial charge in [0.1, 0.15) is 0 Å². The third-order valence-corrected chi connectivity index (χ3v) is 2.18. The highest BCUT2D eigenvalue weighted by molar-refractivity contribution is 5.69. The average molecular weight is 194 g/mol. The highest BCUT2D eigenvalue weighted by Gasteiger charge is 2.17. The van der Waals surface area contributed by atoms with Crippen molar-refractivity contribution < 1.29 is 15.0 Å². The molecule has 0 amide bonds. The Morgan fingerprint density at radius 3 is 2.43 bits per heavy atom. The molecule has 2 N–H and O–H groups in total. The number of aliphatic hydroxyl groups excluding tert-OH is 1. The maximum atomic E-state index is 10.6. The van der Waals surface area contributed by atoms with E-state index in [1.165, 1.54) is 0 Å². The minimum Gasteiger partial charge on any atom is -0.481 e. The highest BCUT2D eigenvalue weighted by atomic mass is 16.4. The summed E-state index contributed by atoms with van der Waals surface area (Å²) >= 11 is 0. The molecule has 2 atom stereocenters. The maximum Gasteiger partial charge on any atom is 0.306 e. The molecule has 0 fully saturated rings. The summed E-state index contributed by atoms with van der Waals surface area (Å²) in [5, 5.41) is 18.3. The first-order chi connectivity index (χ1) is 6.61. The Kier molecular flexibility index (Phi) is 3.65. The van der Waals surface area contributed by atoms with Crippen molar-refractivity contribution in [2.45, 2.75) is 19.4 Å². The van der Waals surface area contributed by atoms with Crippen molar-refractivity contribution in [3.05, 3.63) is 35.9 Å². The van der Waals surface area contributed by atoms with Gasteiger partial charge in [0.25, 0.3) is 0 Å². The fourth-order valence-corrected chi connectivity index (χ4v) is 1.25. The van der Waals surface area contributed by atoms with Gasteiger partial charge in [0.15, 0.2) is 0 Å². The lowest BCUT2D eigenvalue weighted by Crippen LogP contribution is -2.13. The second-order valence-electron chi connectivity index (χ2n) is 3.40. The van der Waals surface area contributed by atoms with E-state index in [9.17, 15) is 9.90 Å². The molecule has 0 aliphatic heterocycles. The molecular formula is C11H14O3. The standard InChI is InChI=1S/C11H14O3/c1-8(11(13)14)7-10(12)9-5-3-2-4-6-9/h2-6,8,10,12H,7H2,1H3,(H,13,14)/t8-,10?/m1/s1. The van der Waals surface area contributed by atoms with Crippen LogP contribution in [0.4, 0.5) is 0 Å². The SMILES string of the molecule is C[C@H](CC(O)c1ccccc1)C(=O)O. The molecule has 0 heterocycles. The van der Waals surface area contributed by atoms with Gasteiger partial charge in [-0.05, 0) is 12.0 Å². The molecule has 76 valence electrons. The van der Waals surface area contributed by atoms with Crippen LogP contribution < -0.4 is 0 Å². The zero-order valence-electron chi connectivity index (χ0n) is 8.05. The Bertz CT molecular complexity index is 295. The molecule has 1 rings (SSSR count). The van der Waals surface area contributed by atoms with Gasteiger partial charge in [-0.3, -0.25) is 4.79 Å². The van der Waals surface area contributed by atoms with Crippen molar-refractivity contribution in [1.82, 2.24) is 0 Å². The van der Waals surface area contributed by atoms with Gasteiger partial charge in [0, 0.05) is 0 Å². The van der Waals surface area contributed by atoms with Gasteiger partial charge in [0.05, 0.1) is 12.0 Å². The van der Waals surface area contributed by atoms with E-state index in [0.717, 1.165) is 5.56 Å². The fourth-order valence-electron chi connectivity index (χ4n) is 1.25. The maximum absolute atomic E-state index is 10.6. The van der Waals surface area contributed by atoms with Crippen molar-refractivity contribution >= 4 is 5.97 Å². The molecule has 0 bridgehead atoms. The Balaban J connectivity index is 2.59. The lowest BCUT2D eigenvalue weighted by Gasteiger charge is -2.13. The van der Waals surface area contributed by atoms with Crippen molar-refractivity contribution in [1.29, 1.82) is 0 Å². The van der Waals surface area contributed by atoms with Crippen LogP contribution in [0, 0.1) is 5.92 Å². The molecule has 0 saturated carbocycles. The van der Waals surface area contributed by atoms with Crippen LogP contribution in [0.2, 0.25) is 0 Å². The lowest BCUT2D eigenvalue weighted by molar-refractivity contribution is -0.142. The first kappa shape index (κ1) is 10.7. The van der Waals surface area contributed by atoms with E-state index in [0.29, 0.717) is 0 Å². The molecular weight excluding hydrogens is 180 g/mol. The van der Waals surface area contributed by atoms with E-state index in [1.807, 2.05) is 18.2 Å². The van der Waals surface area contributed by atoms with Crippen molar-refractivity contribution in [2.24, 2.45) is 5.92 Å². The van der Waals surface area contributed by atoms with E-state index < -0.39 is 18.0 Å². The smallest absolute Gasteiger partial charge is 0.306 e. The van der Waals surface area contributed by atoms with Crippen LogP contribution in [0.3, 0.4) is 0 Å². The Morgan fingerprint density at radius 2 is 1.93 bits per heavy atom. The second kappa shape index (κ2) is 4.77. The van der Waals surface area contributed by atoms with Gasteiger partial charge in [-0.15, -0.1) is 0 Å². The fraction of sp³-hybridized carbons (Fsp3) is 0.364. The number of carbonyl (C=O) groups is 1. The summed E-state index contributed by atoms with van der Waals surface area (Å²) < 4.78 is 0. The van der Waals surface area contributed by atoms with E-state index in [1.54, 1.807) is 19.1 Å². The number of rotatable bonds is 4. The average Bonchev–Trinajstić information content (AvgIpc) is 2.19. The first-order valence-electron chi connectivity index (χ1n) is 4.57. The van der Waals surface area contributed by atoms with Gasteiger partial charge in [-0.2, -0.15) is 0 Å². The molecule has 14 heavy (non-hydrogen) atoms. The molecule has 0 saturated heterocycles. The van der Waals surface area contributed by atoms with E-state index in [4.69, 9.17) is 5.11 Å². The van der Waals surface area contributed by atoms with Crippen LogP contribution in [0.5, 0.6) is 0 Å².